The molecule has 0 saturated heterocycles. The van der Waals surface area contributed by atoms with Crippen molar-refractivity contribution in [1.82, 2.24) is 4.98 Å². The number of carbonyl (C=O) groups excluding carboxylic acids is 1. The SMILES string of the molecule is COC(=O)C/C=C/c1cc(F)cc2c(C)c[nH]c12. The second-order valence-corrected chi connectivity index (χ2v) is 4.07. The van der Waals surface area contributed by atoms with Crippen LogP contribution >= 0.6 is 0 Å². The zero-order valence-corrected chi connectivity index (χ0v) is 10.3. The maximum absolute atomic E-state index is 13.5. The predicted molar refractivity (Wildman–Crippen MR) is 68.7 cm³/mol. The maximum Gasteiger partial charge on any atom is 0.309 e. The fourth-order valence-electron chi connectivity index (χ4n) is 1.86. The summed E-state index contributed by atoms with van der Waals surface area (Å²) in [5, 5.41) is 0.854. The number of ether oxygens (including phenoxy) is 1. The van der Waals surface area contributed by atoms with Gasteiger partial charge in [-0.3, -0.25) is 4.79 Å². The highest BCUT2D eigenvalue weighted by molar-refractivity contribution is 5.90. The van der Waals surface area contributed by atoms with Crippen LogP contribution in [0.5, 0.6) is 0 Å². The lowest BCUT2D eigenvalue weighted by molar-refractivity contribution is -0.139. The molecule has 3 nitrogen and oxygen atoms in total. The largest absolute Gasteiger partial charge is 0.469 e. The monoisotopic (exact) mass is 247 g/mol. The highest BCUT2D eigenvalue weighted by Crippen LogP contribution is 2.23. The topological polar surface area (TPSA) is 42.1 Å². The lowest BCUT2D eigenvalue weighted by Gasteiger charge is -1.99. The van der Waals surface area contributed by atoms with Gasteiger partial charge in [0.05, 0.1) is 19.0 Å². The second-order valence-electron chi connectivity index (χ2n) is 4.07. The molecule has 2 rings (SSSR count). The van der Waals surface area contributed by atoms with Crippen LogP contribution in [0.3, 0.4) is 0 Å². The van der Waals surface area contributed by atoms with Gasteiger partial charge in [0, 0.05) is 17.1 Å². The quantitative estimate of drug-likeness (QED) is 0.846. The van der Waals surface area contributed by atoms with E-state index in [-0.39, 0.29) is 18.2 Å². The molecule has 4 heteroatoms. The number of carbonyl (C=O) groups is 1. The van der Waals surface area contributed by atoms with Crippen molar-refractivity contribution in [1.29, 1.82) is 0 Å². The molecular weight excluding hydrogens is 233 g/mol. The number of rotatable bonds is 3. The van der Waals surface area contributed by atoms with E-state index in [0.29, 0.717) is 0 Å². The number of methoxy groups -OCH3 is 1. The van der Waals surface area contributed by atoms with Crippen molar-refractivity contribution in [3.05, 3.63) is 41.3 Å². The number of aromatic amines is 1. The van der Waals surface area contributed by atoms with E-state index in [0.717, 1.165) is 22.0 Å². The number of hydrogen-bond donors (Lipinski definition) is 1. The van der Waals surface area contributed by atoms with Gasteiger partial charge < -0.3 is 9.72 Å². The van der Waals surface area contributed by atoms with Crippen LogP contribution in [0.2, 0.25) is 0 Å². The first-order valence-corrected chi connectivity index (χ1v) is 5.62. The van der Waals surface area contributed by atoms with Crippen LogP contribution in [0.15, 0.2) is 24.4 Å². The molecule has 0 unspecified atom stereocenters. The number of esters is 1. The molecule has 18 heavy (non-hydrogen) atoms. The number of fused-ring (bicyclic) bond motifs is 1. The van der Waals surface area contributed by atoms with Gasteiger partial charge in [0.15, 0.2) is 0 Å². The van der Waals surface area contributed by atoms with E-state index in [1.807, 2.05) is 13.1 Å². The first kappa shape index (κ1) is 12.4. The third-order valence-electron chi connectivity index (χ3n) is 2.80. The number of benzene rings is 1. The van der Waals surface area contributed by atoms with Crippen molar-refractivity contribution in [3.8, 4) is 0 Å². The molecule has 94 valence electrons. The van der Waals surface area contributed by atoms with E-state index in [9.17, 15) is 9.18 Å². The predicted octanol–water partition coefficient (Wildman–Crippen LogP) is 3.19. The molecule has 0 radical (unpaired) electrons. The van der Waals surface area contributed by atoms with Gasteiger partial charge >= 0.3 is 5.97 Å². The van der Waals surface area contributed by atoms with Crippen LogP contribution in [0.25, 0.3) is 17.0 Å². The summed E-state index contributed by atoms with van der Waals surface area (Å²) in [5.41, 5.74) is 2.59. The molecule has 0 aliphatic carbocycles. The third kappa shape index (κ3) is 2.42. The Balaban J connectivity index is 2.35. The molecule has 1 N–H and O–H groups in total. The average molecular weight is 247 g/mol. The summed E-state index contributed by atoms with van der Waals surface area (Å²) in [6.45, 7) is 1.92. The van der Waals surface area contributed by atoms with Gasteiger partial charge in [-0.15, -0.1) is 0 Å². The number of nitrogens with one attached hydrogen (secondary N) is 1. The van der Waals surface area contributed by atoms with Gasteiger partial charge in [0.2, 0.25) is 0 Å². The minimum Gasteiger partial charge on any atom is -0.469 e. The van der Waals surface area contributed by atoms with Gasteiger partial charge in [0.1, 0.15) is 5.82 Å². The Labute approximate surface area is 104 Å². The lowest BCUT2D eigenvalue weighted by atomic mass is 10.1. The van der Waals surface area contributed by atoms with Crippen molar-refractivity contribution in [3.63, 3.8) is 0 Å². The molecule has 1 aromatic heterocycles. The Morgan fingerprint density at radius 1 is 1.50 bits per heavy atom. The second kappa shape index (κ2) is 5.04. The highest BCUT2D eigenvalue weighted by atomic mass is 19.1. The van der Waals surface area contributed by atoms with Gasteiger partial charge in [0.25, 0.3) is 0 Å². The molecule has 0 spiro atoms. The number of hydrogen-bond acceptors (Lipinski definition) is 2. The number of aryl methyl sites for hydroxylation is 1. The van der Waals surface area contributed by atoms with Gasteiger partial charge in [-0.05, 0) is 24.6 Å². The van der Waals surface area contributed by atoms with Crippen molar-refractivity contribution < 1.29 is 13.9 Å². The minimum absolute atomic E-state index is 0.175. The van der Waals surface area contributed by atoms with Gasteiger partial charge in [-0.1, -0.05) is 12.2 Å². The van der Waals surface area contributed by atoms with E-state index in [2.05, 4.69) is 9.72 Å². The average Bonchev–Trinajstić information content (AvgIpc) is 2.71. The first-order valence-electron chi connectivity index (χ1n) is 5.62. The Morgan fingerprint density at radius 3 is 3.00 bits per heavy atom. The summed E-state index contributed by atoms with van der Waals surface area (Å²) in [6.07, 6.45) is 5.39. The molecule has 2 aromatic rings. The molecule has 0 aliphatic heterocycles. The lowest BCUT2D eigenvalue weighted by Crippen LogP contribution is -1.96. The van der Waals surface area contributed by atoms with Crippen LogP contribution in [-0.4, -0.2) is 18.1 Å². The van der Waals surface area contributed by atoms with Gasteiger partial charge in [-0.25, -0.2) is 4.39 Å². The Bertz CT molecular complexity index is 614. The Hall–Kier alpha value is -2.10. The summed E-state index contributed by atoms with van der Waals surface area (Å²) >= 11 is 0. The van der Waals surface area contributed by atoms with Crippen LogP contribution in [-0.2, 0) is 9.53 Å². The Kier molecular flexibility index (Phi) is 3.46. The molecular formula is C14H14FNO2. The standard InChI is InChI=1S/C14H14FNO2/c1-9-8-16-14-10(4-3-5-13(17)18-2)6-11(15)7-12(9)14/h3-4,6-8,16H,5H2,1-2H3/b4-3+. The van der Waals surface area contributed by atoms with E-state index in [1.54, 1.807) is 12.2 Å². The summed E-state index contributed by atoms with van der Waals surface area (Å²) in [6, 6.07) is 2.94. The highest BCUT2D eigenvalue weighted by Gasteiger charge is 2.06. The van der Waals surface area contributed by atoms with Crippen LogP contribution < -0.4 is 0 Å². The molecule has 0 saturated carbocycles. The van der Waals surface area contributed by atoms with Crippen LogP contribution in [0.4, 0.5) is 4.39 Å². The molecule has 0 amide bonds. The fourth-order valence-corrected chi connectivity index (χ4v) is 1.86. The van der Waals surface area contributed by atoms with E-state index < -0.39 is 0 Å². The summed E-state index contributed by atoms with van der Waals surface area (Å²) in [5.74, 6) is -0.607. The summed E-state index contributed by atoms with van der Waals surface area (Å²) in [7, 11) is 1.34. The molecule has 1 aromatic carbocycles. The third-order valence-corrected chi connectivity index (χ3v) is 2.80. The van der Waals surface area contributed by atoms with E-state index in [1.165, 1.54) is 19.2 Å². The van der Waals surface area contributed by atoms with Crippen LogP contribution in [0, 0.1) is 12.7 Å². The normalized spacial score (nSPS) is 11.3. The van der Waals surface area contributed by atoms with Crippen molar-refractivity contribution >= 4 is 22.9 Å². The molecule has 0 atom stereocenters. The zero-order chi connectivity index (χ0) is 13.1. The van der Waals surface area contributed by atoms with Gasteiger partial charge in [-0.2, -0.15) is 0 Å². The minimum atomic E-state index is -0.318. The number of aromatic nitrogens is 1. The zero-order valence-electron chi connectivity index (χ0n) is 10.3. The van der Waals surface area contributed by atoms with Crippen molar-refractivity contribution in [2.24, 2.45) is 0 Å². The Morgan fingerprint density at radius 2 is 2.28 bits per heavy atom. The first-order chi connectivity index (χ1) is 8.61. The number of halogens is 1. The molecule has 1 heterocycles. The molecule has 0 fully saturated rings. The summed E-state index contributed by atoms with van der Waals surface area (Å²) in [4.78, 5) is 14.1. The van der Waals surface area contributed by atoms with E-state index >= 15 is 0 Å². The van der Waals surface area contributed by atoms with Crippen molar-refractivity contribution in [2.75, 3.05) is 7.11 Å². The molecule has 0 bridgehead atoms. The van der Waals surface area contributed by atoms with Crippen molar-refractivity contribution in [2.45, 2.75) is 13.3 Å². The number of H-pyrrole nitrogens is 1. The van der Waals surface area contributed by atoms with E-state index in [4.69, 9.17) is 0 Å². The summed E-state index contributed by atoms with van der Waals surface area (Å²) < 4.78 is 18.0. The fraction of sp³-hybridized carbons (Fsp3) is 0.214. The molecule has 0 aliphatic rings. The van der Waals surface area contributed by atoms with Crippen LogP contribution in [0.1, 0.15) is 17.5 Å². The smallest absolute Gasteiger partial charge is 0.309 e. The maximum atomic E-state index is 13.5.